The van der Waals surface area contributed by atoms with Crippen molar-refractivity contribution < 1.29 is 23.7 Å². The number of hydrogen-bond acceptors (Lipinski definition) is 7. The predicted octanol–water partition coefficient (Wildman–Crippen LogP) is 3.19. The number of benzene rings is 1. The number of non-ortho nitro benzene ring substituents is 1. The first-order valence-corrected chi connectivity index (χ1v) is 7.47. The standard InChI is InChI=1S/C15H10N2O6S/c1-22-11-4-2-8(17(20)21)6-10(11)12-5-3-9(23-12)7-13-14(18)16-15(19)24-13/h2-7H,1H3,(H,16,18,19)/b13-7-. The van der Waals surface area contributed by atoms with Gasteiger partial charge in [-0.3, -0.25) is 25.0 Å². The highest BCUT2D eigenvalue weighted by Crippen LogP contribution is 2.35. The number of nitrogens with one attached hydrogen (secondary N) is 1. The Bertz CT molecular complexity index is 886. The third-order valence-electron chi connectivity index (χ3n) is 3.20. The Morgan fingerprint density at radius 1 is 1.29 bits per heavy atom. The zero-order valence-corrected chi connectivity index (χ0v) is 13.1. The number of nitro benzene ring substituents is 1. The molecule has 0 radical (unpaired) electrons. The van der Waals surface area contributed by atoms with E-state index >= 15 is 0 Å². The monoisotopic (exact) mass is 346 g/mol. The molecule has 0 bridgehead atoms. The zero-order valence-electron chi connectivity index (χ0n) is 12.3. The van der Waals surface area contributed by atoms with E-state index in [2.05, 4.69) is 5.32 Å². The van der Waals surface area contributed by atoms with Crippen molar-refractivity contribution in [3.63, 3.8) is 0 Å². The predicted molar refractivity (Wildman–Crippen MR) is 86.5 cm³/mol. The lowest BCUT2D eigenvalue weighted by molar-refractivity contribution is -0.384. The van der Waals surface area contributed by atoms with E-state index in [-0.39, 0.29) is 10.6 Å². The summed E-state index contributed by atoms with van der Waals surface area (Å²) >= 11 is 0.775. The molecule has 9 heteroatoms. The van der Waals surface area contributed by atoms with Gasteiger partial charge in [-0.1, -0.05) is 0 Å². The molecular formula is C15H10N2O6S. The Labute approximate surface area is 139 Å². The van der Waals surface area contributed by atoms with Gasteiger partial charge in [-0.15, -0.1) is 0 Å². The molecule has 8 nitrogen and oxygen atoms in total. The molecule has 1 saturated heterocycles. The van der Waals surface area contributed by atoms with E-state index in [1.165, 1.54) is 31.4 Å². The molecule has 24 heavy (non-hydrogen) atoms. The maximum atomic E-state index is 11.5. The average Bonchev–Trinajstić information content (AvgIpc) is 3.13. The number of ether oxygens (including phenoxy) is 1. The van der Waals surface area contributed by atoms with E-state index in [0.29, 0.717) is 22.8 Å². The number of carbonyl (C=O) groups excluding carboxylic acids is 2. The summed E-state index contributed by atoms with van der Waals surface area (Å²) in [5.74, 6) is 0.608. The molecule has 1 fully saturated rings. The Hall–Kier alpha value is -3.07. The highest BCUT2D eigenvalue weighted by Gasteiger charge is 2.25. The minimum Gasteiger partial charge on any atom is -0.496 e. The summed E-state index contributed by atoms with van der Waals surface area (Å²) < 4.78 is 10.8. The van der Waals surface area contributed by atoms with Gasteiger partial charge in [-0.2, -0.15) is 0 Å². The summed E-state index contributed by atoms with van der Waals surface area (Å²) in [5, 5.41) is 12.6. The Morgan fingerprint density at radius 2 is 2.08 bits per heavy atom. The van der Waals surface area contributed by atoms with Gasteiger partial charge in [0.1, 0.15) is 17.3 Å². The third kappa shape index (κ3) is 3.01. The van der Waals surface area contributed by atoms with E-state index in [9.17, 15) is 19.7 Å². The van der Waals surface area contributed by atoms with Gasteiger partial charge in [0, 0.05) is 18.2 Å². The van der Waals surface area contributed by atoms with Gasteiger partial charge >= 0.3 is 0 Å². The Balaban J connectivity index is 1.97. The van der Waals surface area contributed by atoms with Gasteiger partial charge in [0.2, 0.25) is 0 Å². The molecule has 2 amide bonds. The molecule has 0 atom stereocenters. The molecule has 122 valence electrons. The fraction of sp³-hybridized carbons (Fsp3) is 0.0667. The smallest absolute Gasteiger partial charge is 0.290 e. The number of imide groups is 1. The summed E-state index contributed by atoms with van der Waals surface area (Å²) in [6.45, 7) is 0. The number of amides is 2. The number of thioether (sulfide) groups is 1. The highest BCUT2D eigenvalue weighted by atomic mass is 32.2. The topological polar surface area (TPSA) is 112 Å². The lowest BCUT2D eigenvalue weighted by Gasteiger charge is -2.05. The first-order valence-electron chi connectivity index (χ1n) is 6.65. The van der Waals surface area contributed by atoms with Gasteiger partial charge in [0.25, 0.3) is 16.8 Å². The quantitative estimate of drug-likeness (QED) is 0.514. The van der Waals surface area contributed by atoms with Gasteiger partial charge in [-0.05, 0) is 30.0 Å². The van der Waals surface area contributed by atoms with Gasteiger partial charge in [-0.25, -0.2) is 0 Å². The van der Waals surface area contributed by atoms with Crippen LogP contribution in [0.2, 0.25) is 0 Å². The molecule has 2 heterocycles. The highest BCUT2D eigenvalue weighted by molar-refractivity contribution is 8.18. The van der Waals surface area contributed by atoms with E-state index in [4.69, 9.17) is 9.15 Å². The first-order chi connectivity index (χ1) is 11.5. The third-order valence-corrected chi connectivity index (χ3v) is 4.01. The maximum absolute atomic E-state index is 11.5. The van der Waals surface area contributed by atoms with Crippen LogP contribution in [0.4, 0.5) is 10.5 Å². The summed E-state index contributed by atoms with van der Waals surface area (Å²) in [4.78, 5) is 33.3. The normalized spacial score (nSPS) is 15.6. The summed E-state index contributed by atoms with van der Waals surface area (Å²) in [6, 6.07) is 7.35. The molecule has 1 aliphatic heterocycles. The second-order valence-corrected chi connectivity index (χ2v) is 5.71. The van der Waals surface area contributed by atoms with Crippen molar-refractivity contribution in [3.8, 4) is 17.1 Å². The molecule has 1 N–H and O–H groups in total. The van der Waals surface area contributed by atoms with Crippen LogP contribution in [0, 0.1) is 10.1 Å². The summed E-state index contributed by atoms with van der Waals surface area (Å²) in [5.41, 5.74) is 0.314. The van der Waals surface area contributed by atoms with Gasteiger partial charge < -0.3 is 9.15 Å². The molecule has 1 aliphatic rings. The molecule has 0 saturated carbocycles. The van der Waals surface area contributed by atoms with Crippen LogP contribution in [0.25, 0.3) is 17.4 Å². The van der Waals surface area contributed by atoms with Crippen LogP contribution >= 0.6 is 11.8 Å². The number of carbonyl (C=O) groups is 2. The molecule has 1 aromatic heterocycles. The van der Waals surface area contributed by atoms with Crippen molar-refractivity contribution in [3.05, 3.63) is 51.1 Å². The van der Waals surface area contributed by atoms with E-state index < -0.39 is 16.1 Å². The number of furan rings is 1. The second kappa shape index (κ2) is 6.20. The van der Waals surface area contributed by atoms with Crippen molar-refractivity contribution in [1.29, 1.82) is 0 Å². The minimum atomic E-state index is -0.514. The van der Waals surface area contributed by atoms with Crippen LogP contribution in [-0.2, 0) is 4.79 Å². The van der Waals surface area contributed by atoms with Crippen LogP contribution in [0.1, 0.15) is 5.76 Å². The van der Waals surface area contributed by atoms with Crippen molar-refractivity contribution >= 4 is 34.7 Å². The van der Waals surface area contributed by atoms with Gasteiger partial charge in [0.05, 0.1) is 22.5 Å². The number of nitrogens with zero attached hydrogens (tertiary/aromatic N) is 1. The molecule has 0 spiro atoms. The maximum Gasteiger partial charge on any atom is 0.290 e. The fourth-order valence-corrected chi connectivity index (χ4v) is 2.79. The number of nitro groups is 1. The molecule has 0 unspecified atom stereocenters. The van der Waals surface area contributed by atoms with E-state index in [1.807, 2.05) is 0 Å². The fourth-order valence-electron chi connectivity index (χ4n) is 2.13. The minimum absolute atomic E-state index is 0.0987. The van der Waals surface area contributed by atoms with Crippen molar-refractivity contribution in [2.24, 2.45) is 0 Å². The van der Waals surface area contributed by atoms with Crippen molar-refractivity contribution in [2.45, 2.75) is 0 Å². The second-order valence-electron chi connectivity index (χ2n) is 4.70. The van der Waals surface area contributed by atoms with Crippen LogP contribution in [0.5, 0.6) is 5.75 Å². The van der Waals surface area contributed by atoms with Crippen molar-refractivity contribution in [1.82, 2.24) is 5.32 Å². The van der Waals surface area contributed by atoms with Crippen LogP contribution in [0.15, 0.2) is 39.7 Å². The lowest BCUT2D eigenvalue weighted by atomic mass is 10.1. The average molecular weight is 346 g/mol. The molecule has 0 aliphatic carbocycles. The van der Waals surface area contributed by atoms with E-state index in [1.54, 1.807) is 12.1 Å². The van der Waals surface area contributed by atoms with Gasteiger partial charge in [0.15, 0.2) is 0 Å². The Morgan fingerprint density at radius 3 is 2.71 bits per heavy atom. The molecule has 3 rings (SSSR count). The number of hydrogen-bond donors (Lipinski definition) is 1. The number of methoxy groups -OCH3 is 1. The van der Waals surface area contributed by atoms with Crippen molar-refractivity contribution in [2.75, 3.05) is 7.11 Å². The Kier molecular flexibility index (Phi) is 4.09. The van der Waals surface area contributed by atoms with Crippen LogP contribution < -0.4 is 10.1 Å². The van der Waals surface area contributed by atoms with Crippen LogP contribution in [0.3, 0.4) is 0 Å². The number of rotatable bonds is 4. The van der Waals surface area contributed by atoms with Crippen LogP contribution in [-0.4, -0.2) is 23.2 Å². The molecular weight excluding hydrogens is 336 g/mol. The molecule has 1 aromatic carbocycles. The SMILES string of the molecule is COc1ccc([N+](=O)[O-])cc1-c1ccc(/C=C2\SC(=O)NC2=O)o1. The largest absolute Gasteiger partial charge is 0.496 e. The summed E-state index contributed by atoms with van der Waals surface area (Å²) in [7, 11) is 1.45. The first kappa shape index (κ1) is 15.8. The van der Waals surface area contributed by atoms with E-state index in [0.717, 1.165) is 11.8 Å². The zero-order chi connectivity index (χ0) is 17.3. The summed E-state index contributed by atoms with van der Waals surface area (Å²) in [6.07, 6.45) is 1.43. The lowest BCUT2D eigenvalue weighted by Crippen LogP contribution is -2.17. The molecule has 2 aromatic rings.